The molecule has 1 atom stereocenters. The molecular weight excluding hydrogens is 308 g/mol. The number of halogens is 3. The van der Waals surface area contributed by atoms with Crippen LogP contribution in [0, 0.1) is 11.7 Å². The van der Waals surface area contributed by atoms with Gasteiger partial charge in [0, 0.05) is 10.0 Å². The van der Waals surface area contributed by atoms with Crippen molar-refractivity contribution >= 4 is 23.2 Å². The average Bonchev–Trinajstić information content (AvgIpc) is 2.44. The summed E-state index contributed by atoms with van der Waals surface area (Å²) in [6.45, 7) is 0.799. The Kier molecular flexibility index (Phi) is 6.04. The van der Waals surface area contributed by atoms with Crippen molar-refractivity contribution in [1.29, 1.82) is 0 Å². The third-order valence-electron chi connectivity index (χ3n) is 3.48. The van der Waals surface area contributed by atoms with Gasteiger partial charge in [0.1, 0.15) is 5.82 Å². The summed E-state index contributed by atoms with van der Waals surface area (Å²) >= 11 is 12.0. The molecule has 21 heavy (non-hydrogen) atoms. The van der Waals surface area contributed by atoms with Gasteiger partial charge in [-0.05, 0) is 61.7 Å². The van der Waals surface area contributed by atoms with Crippen LogP contribution in [-0.2, 0) is 12.8 Å². The lowest BCUT2D eigenvalue weighted by atomic mass is 9.92. The topological polar surface area (TPSA) is 12.0 Å². The molecule has 0 bridgehead atoms. The number of hydrogen-bond acceptors (Lipinski definition) is 1. The van der Waals surface area contributed by atoms with E-state index in [0.717, 1.165) is 23.6 Å². The fraction of sp³-hybridized carbons (Fsp3) is 0.294. The lowest BCUT2D eigenvalue weighted by Crippen LogP contribution is -2.23. The maximum atomic E-state index is 13.9. The molecule has 2 aromatic rings. The van der Waals surface area contributed by atoms with E-state index in [4.69, 9.17) is 23.2 Å². The van der Waals surface area contributed by atoms with Crippen molar-refractivity contribution in [2.75, 3.05) is 13.6 Å². The lowest BCUT2D eigenvalue weighted by Gasteiger charge is -2.18. The summed E-state index contributed by atoms with van der Waals surface area (Å²) in [7, 11) is 1.90. The van der Waals surface area contributed by atoms with Crippen LogP contribution < -0.4 is 5.32 Å². The van der Waals surface area contributed by atoms with Crippen LogP contribution in [0.5, 0.6) is 0 Å². The van der Waals surface area contributed by atoms with Crippen LogP contribution in [0.15, 0.2) is 42.5 Å². The molecule has 0 amide bonds. The third kappa shape index (κ3) is 4.70. The van der Waals surface area contributed by atoms with Crippen molar-refractivity contribution in [2.24, 2.45) is 5.92 Å². The van der Waals surface area contributed by atoms with Gasteiger partial charge in [-0.3, -0.25) is 0 Å². The summed E-state index contributed by atoms with van der Waals surface area (Å²) < 4.78 is 13.9. The smallest absolute Gasteiger partial charge is 0.127 e. The van der Waals surface area contributed by atoms with Gasteiger partial charge in [0.15, 0.2) is 0 Å². The summed E-state index contributed by atoms with van der Waals surface area (Å²) in [6, 6.07) is 12.6. The molecule has 0 fully saturated rings. The summed E-state index contributed by atoms with van der Waals surface area (Å²) in [6.07, 6.45) is 1.46. The van der Waals surface area contributed by atoms with E-state index in [-0.39, 0.29) is 11.7 Å². The molecular formula is C17H18Cl2FN. The van der Waals surface area contributed by atoms with E-state index in [0.29, 0.717) is 17.0 Å². The fourth-order valence-electron chi connectivity index (χ4n) is 2.48. The Morgan fingerprint density at radius 1 is 1.05 bits per heavy atom. The van der Waals surface area contributed by atoms with Gasteiger partial charge in [-0.15, -0.1) is 0 Å². The van der Waals surface area contributed by atoms with Crippen LogP contribution >= 0.6 is 23.2 Å². The number of rotatable bonds is 6. The van der Waals surface area contributed by atoms with Gasteiger partial charge in [-0.1, -0.05) is 47.5 Å². The number of nitrogens with one attached hydrogen (secondary N) is 1. The molecule has 2 rings (SSSR count). The summed E-state index contributed by atoms with van der Waals surface area (Å²) in [5.41, 5.74) is 1.78. The summed E-state index contributed by atoms with van der Waals surface area (Å²) in [4.78, 5) is 0. The van der Waals surface area contributed by atoms with Crippen LogP contribution in [-0.4, -0.2) is 13.6 Å². The van der Waals surface area contributed by atoms with Crippen LogP contribution in [0.4, 0.5) is 4.39 Å². The Labute approximate surface area is 135 Å². The monoisotopic (exact) mass is 325 g/mol. The minimum Gasteiger partial charge on any atom is -0.319 e. The van der Waals surface area contributed by atoms with Crippen molar-refractivity contribution in [3.05, 3.63) is 69.5 Å². The lowest BCUT2D eigenvalue weighted by molar-refractivity contribution is 0.480. The largest absolute Gasteiger partial charge is 0.319 e. The van der Waals surface area contributed by atoms with Crippen LogP contribution in [0.3, 0.4) is 0 Å². The first-order valence-electron chi connectivity index (χ1n) is 6.92. The van der Waals surface area contributed by atoms with Gasteiger partial charge in [0.25, 0.3) is 0 Å². The second-order valence-corrected chi connectivity index (χ2v) is 6.00. The molecule has 1 nitrogen and oxygen atoms in total. The average molecular weight is 326 g/mol. The Morgan fingerprint density at radius 3 is 2.43 bits per heavy atom. The highest BCUT2D eigenvalue weighted by Crippen LogP contribution is 2.23. The van der Waals surface area contributed by atoms with Gasteiger partial charge in [0.05, 0.1) is 0 Å². The Balaban J connectivity index is 2.14. The fourth-order valence-corrected chi connectivity index (χ4v) is 2.85. The van der Waals surface area contributed by atoms with E-state index in [2.05, 4.69) is 5.32 Å². The van der Waals surface area contributed by atoms with Crippen LogP contribution in [0.1, 0.15) is 11.1 Å². The van der Waals surface area contributed by atoms with Gasteiger partial charge in [0.2, 0.25) is 0 Å². The molecule has 4 heteroatoms. The zero-order valence-electron chi connectivity index (χ0n) is 11.9. The van der Waals surface area contributed by atoms with Gasteiger partial charge >= 0.3 is 0 Å². The second kappa shape index (κ2) is 7.79. The molecule has 0 saturated carbocycles. The first-order valence-corrected chi connectivity index (χ1v) is 7.67. The highest BCUT2D eigenvalue weighted by molar-refractivity contribution is 6.31. The molecule has 0 heterocycles. The standard InChI is InChI=1S/C17H18Cl2FN/c1-21-11-12(8-13-4-2-3-5-16(13)19)9-14-6-7-15(18)10-17(14)20/h2-7,10,12,21H,8-9,11H2,1H3. The van der Waals surface area contributed by atoms with Gasteiger partial charge < -0.3 is 5.32 Å². The van der Waals surface area contributed by atoms with E-state index < -0.39 is 0 Å². The predicted octanol–water partition coefficient (Wildman–Crippen LogP) is 4.75. The Bertz CT molecular complexity index is 601. The van der Waals surface area contributed by atoms with E-state index in [1.807, 2.05) is 31.3 Å². The van der Waals surface area contributed by atoms with Crippen molar-refractivity contribution in [3.8, 4) is 0 Å². The van der Waals surface area contributed by atoms with E-state index in [1.165, 1.54) is 6.07 Å². The minimum absolute atomic E-state index is 0.247. The Morgan fingerprint density at radius 2 is 1.76 bits per heavy atom. The molecule has 0 radical (unpaired) electrons. The third-order valence-corrected chi connectivity index (χ3v) is 4.09. The first kappa shape index (κ1) is 16.3. The van der Waals surface area contributed by atoms with Crippen LogP contribution in [0.2, 0.25) is 10.0 Å². The molecule has 2 aromatic carbocycles. The number of benzene rings is 2. The van der Waals surface area contributed by atoms with E-state index in [9.17, 15) is 4.39 Å². The molecule has 0 saturated heterocycles. The Hall–Kier alpha value is -1.09. The first-order chi connectivity index (χ1) is 10.1. The van der Waals surface area contributed by atoms with Crippen molar-refractivity contribution < 1.29 is 4.39 Å². The quantitative estimate of drug-likeness (QED) is 0.807. The second-order valence-electron chi connectivity index (χ2n) is 5.16. The zero-order chi connectivity index (χ0) is 15.2. The SMILES string of the molecule is CNCC(Cc1ccc(Cl)cc1F)Cc1ccccc1Cl. The minimum atomic E-state index is -0.247. The maximum Gasteiger partial charge on any atom is 0.127 e. The molecule has 0 aliphatic rings. The van der Waals surface area contributed by atoms with Crippen LogP contribution in [0.25, 0.3) is 0 Å². The molecule has 0 aliphatic heterocycles. The van der Waals surface area contributed by atoms with Gasteiger partial charge in [-0.2, -0.15) is 0 Å². The summed E-state index contributed by atoms with van der Waals surface area (Å²) in [5.74, 6) is 0.0216. The number of hydrogen-bond donors (Lipinski definition) is 1. The van der Waals surface area contributed by atoms with E-state index in [1.54, 1.807) is 12.1 Å². The normalized spacial score (nSPS) is 12.4. The molecule has 0 spiro atoms. The molecule has 1 N–H and O–H groups in total. The van der Waals surface area contributed by atoms with Crippen molar-refractivity contribution in [1.82, 2.24) is 5.32 Å². The highest BCUT2D eigenvalue weighted by atomic mass is 35.5. The molecule has 0 aliphatic carbocycles. The highest BCUT2D eigenvalue weighted by Gasteiger charge is 2.14. The maximum absolute atomic E-state index is 13.9. The zero-order valence-corrected chi connectivity index (χ0v) is 13.4. The summed E-state index contributed by atoms with van der Waals surface area (Å²) in [5, 5.41) is 4.35. The van der Waals surface area contributed by atoms with E-state index >= 15 is 0 Å². The molecule has 0 aromatic heterocycles. The van der Waals surface area contributed by atoms with Crippen molar-refractivity contribution in [3.63, 3.8) is 0 Å². The molecule has 1 unspecified atom stereocenters. The molecule has 112 valence electrons. The van der Waals surface area contributed by atoms with Gasteiger partial charge in [-0.25, -0.2) is 4.39 Å². The predicted molar refractivity (Wildman–Crippen MR) is 87.7 cm³/mol. The van der Waals surface area contributed by atoms with Crippen molar-refractivity contribution in [2.45, 2.75) is 12.8 Å².